The van der Waals surface area contributed by atoms with Crippen LogP contribution in [-0.2, 0) is 13.0 Å². The van der Waals surface area contributed by atoms with E-state index < -0.39 is 0 Å². The number of nitrogens with zero attached hydrogens (tertiary/aromatic N) is 1. The molecule has 116 valence electrons. The van der Waals surface area contributed by atoms with E-state index in [0.717, 1.165) is 12.3 Å². The third-order valence-corrected chi connectivity index (χ3v) is 6.16. The lowest BCUT2D eigenvalue weighted by Crippen LogP contribution is -2.38. The molecule has 1 aliphatic carbocycles. The molecule has 1 aliphatic heterocycles. The molecule has 0 N–H and O–H groups in total. The molecule has 0 aromatic heterocycles. The zero-order valence-electron chi connectivity index (χ0n) is 13.2. The second kappa shape index (κ2) is 7.19. The van der Waals surface area contributed by atoms with Crippen molar-refractivity contribution < 1.29 is 0 Å². The van der Waals surface area contributed by atoms with Crippen molar-refractivity contribution in [2.45, 2.75) is 57.9 Å². The number of thiol groups is 1. The van der Waals surface area contributed by atoms with E-state index in [0.29, 0.717) is 5.41 Å². The van der Waals surface area contributed by atoms with Crippen LogP contribution in [0.25, 0.3) is 0 Å². The molecule has 1 nitrogen and oxygen atoms in total. The zero-order valence-corrected chi connectivity index (χ0v) is 14.1. The highest BCUT2D eigenvalue weighted by Crippen LogP contribution is 2.37. The third kappa shape index (κ3) is 3.84. The van der Waals surface area contributed by atoms with Crippen LogP contribution in [0.5, 0.6) is 0 Å². The number of aryl methyl sites for hydroxylation is 1. The number of hydrogen-bond donors (Lipinski definition) is 1. The first-order valence-corrected chi connectivity index (χ1v) is 9.35. The SMILES string of the molecule is SCC1(CN2CCCc3ccccc3C2)CCCCCC1. The smallest absolute Gasteiger partial charge is 0.0236 e. The van der Waals surface area contributed by atoms with Crippen molar-refractivity contribution in [3.8, 4) is 0 Å². The second-order valence-corrected chi connectivity index (χ2v) is 7.47. The molecule has 0 atom stereocenters. The summed E-state index contributed by atoms with van der Waals surface area (Å²) in [6.45, 7) is 3.65. The molecule has 0 saturated heterocycles. The minimum Gasteiger partial charge on any atom is -0.298 e. The largest absolute Gasteiger partial charge is 0.298 e. The van der Waals surface area contributed by atoms with E-state index in [4.69, 9.17) is 12.6 Å². The number of rotatable bonds is 3. The van der Waals surface area contributed by atoms with Gasteiger partial charge in [0.05, 0.1) is 0 Å². The first-order chi connectivity index (χ1) is 10.3. The molecule has 1 fully saturated rings. The van der Waals surface area contributed by atoms with Gasteiger partial charge in [-0.3, -0.25) is 4.90 Å². The van der Waals surface area contributed by atoms with E-state index in [1.807, 2.05) is 0 Å². The zero-order chi connectivity index (χ0) is 14.5. The van der Waals surface area contributed by atoms with Gasteiger partial charge in [-0.2, -0.15) is 12.6 Å². The average Bonchev–Trinajstić information content (AvgIpc) is 2.86. The summed E-state index contributed by atoms with van der Waals surface area (Å²) in [5.74, 6) is 1.06. The molecule has 0 bridgehead atoms. The van der Waals surface area contributed by atoms with Crippen LogP contribution in [0.3, 0.4) is 0 Å². The van der Waals surface area contributed by atoms with Gasteiger partial charge in [0, 0.05) is 13.1 Å². The predicted molar refractivity (Wildman–Crippen MR) is 94.0 cm³/mol. The molecule has 3 rings (SSSR count). The van der Waals surface area contributed by atoms with Crippen LogP contribution < -0.4 is 0 Å². The maximum atomic E-state index is 4.75. The minimum absolute atomic E-state index is 0.471. The Morgan fingerprint density at radius 2 is 1.67 bits per heavy atom. The Morgan fingerprint density at radius 3 is 2.38 bits per heavy atom. The van der Waals surface area contributed by atoms with Crippen LogP contribution >= 0.6 is 12.6 Å². The summed E-state index contributed by atoms with van der Waals surface area (Å²) in [6.07, 6.45) is 11.0. The third-order valence-electron chi connectivity index (χ3n) is 5.49. The summed E-state index contributed by atoms with van der Waals surface area (Å²) in [7, 11) is 0. The van der Waals surface area contributed by atoms with Gasteiger partial charge in [-0.05, 0) is 54.5 Å². The fourth-order valence-corrected chi connectivity index (χ4v) is 4.64. The fraction of sp³-hybridized carbons (Fsp3) is 0.684. The topological polar surface area (TPSA) is 3.24 Å². The van der Waals surface area contributed by atoms with E-state index in [9.17, 15) is 0 Å². The van der Waals surface area contributed by atoms with Crippen molar-refractivity contribution in [1.82, 2.24) is 4.90 Å². The van der Waals surface area contributed by atoms with Gasteiger partial charge in [-0.25, -0.2) is 0 Å². The number of benzene rings is 1. The van der Waals surface area contributed by atoms with Gasteiger partial charge in [-0.15, -0.1) is 0 Å². The summed E-state index contributed by atoms with van der Waals surface area (Å²) in [4.78, 5) is 2.72. The average molecular weight is 304 g/mol. The van der Waals surface area contributed by atoms with Gasteiger partial charge in [0.25, 0.3) is 0 Å². The molecule has 1 aromatic carbocycles. The molecule has 1 aromatic rings. The predicted octanol–water partition coefficient (Wildman–Crippen LogP) is 4.71. The first kappa shape index (κ1) is 15.4. The Balaban J connectivity index is 1.71. The van der Waals surface area contributed by atoms with Crippen molar-refractivity contribution in [2.75, 3.05) is 18.8 Å². The summed E-state index contributed by atoms with van der Waals surface area (Å²) in [5.41, 5.74) is 3.59. The summed E-state index contributed by atoms with van der Waals surface area (Å²) in [5, 5.41) is 0. The Hall–Kier alpha value is -0.470. The molecule has 21 heavy (non-hydrogen) atoms. The van der Waals surface area contributed by atoms with Crippen molar-refractivity contribution in [3.63, 3.8) is 0 Å². The molecule has 0 radical (unpaired) electrons. The lowest BCUT2D eigenvalue weighted by Gasteiger charge is -2.37. The summed E-state index contributed by atoms with van der Waals surface area (Å²) >= 11 is 4.75. The number of fused-ring (bicyclic) bond motifs is 1. The molecule has 0 amide bonds. The van der Waals surface area contributed by atoms with E-state index in [-0.39, 0.29) is 0 Å². The molecule has 2 aliphatic rings. The normalized spacial score (nSPS) is 23.1. The van der Waals surface area contributed by atoms with Gasteiger partial charge in [0.2, 0.25) is 0 Å². The highest BCUT2D eigenvalue weighted by molar-refractivity contribution is 7.80. The highest BCUT2D eigenvalue weighted by Gasteiger charge is 2.32. The van der Waals surface area contributed by atoms with Gasteiger partial charge < -0.3 is 0 Å². The number of hydrogen-bond acceptors (Lipinski definition) is 2. The first-order valence-electron chi connectivity index (χ1n) is 8.71. The summed E-state index contributed by atoms with van der Waals surface area (Å²) in [6, 6.07) is 9.03. The molecular formula is C19H29NS. The van der Waals surface area contributed by atoms with E-state index in [1.54, 1.807) is 11.1 Å². The van der Waals surface area contributed by atoms with Crippen molar-refractivity contribution in [1.29, 1.82) is 0 Å². The van der Waals surface area contributed by atoms with E-state index in [1.165, 1.54) is 64.5 Å². The van der Waals surface area contributed by atoms with Crippen LogP contribution in [0.1, 0.15) is 56.1 Å². The quantitative estimate of drug-likeness (QED) is 0.625. The maximum absolute atomic E-state index is 4.75. The molecule has 0 unspecified atom stereocenters. The standard InChI is InChI=1S/C19H29NS/c21-16-19(11-5-1-2-6-12-19)15-20-13-7-10-17-8-3-4-9-18(17)14-20/h3-4,8-9,21H,1-2,5-7,10-16H2. The monoisotopic (exact) mass is 303 g/mol. The van der Waals surface area contributed by atoms with Crippen LogP contribution in [0.15, 0.2) is 24.3 Å². The van der Waals surface area contributed by atoms with Gasteiger partial charge in [-0.1, -0.05) is 49.9 Å². The lowest BCUT2D eigenvalue weighted by molar-refractivity contribution is 0.146. The van der Waals surface area contributed by atoms with Gasteiger partial charge in [0.1, 0.15) is 0 Å². The molecule has 0 spiro atoms. The molecular weight excluding hydrogens is 274 g/mol. The molecule has 1 saturated carbocycles. The Labute approximate surface area is 135 Å². The van der Waals surface area contributed by atoms with Crippen LogP contribution in [-0.4, -0.2) is 23.7 Å². The maximum Gasteiger partial charge on any atom is 0.0236 e. The van der Waals surface area contributed by atoms with Crippen LogP contribution in [0.2, 0.25) is 0 Å². The Bertz CT molecular complexity index is 449. The Morgan fingerprint density at radius 1 is 0.952 bits per heavy atom. The summed E-state index contributed by atoms with van der Waals surface area (Å²) < 4.78 is 0. The molecule has 1 heterocycles. The fourth-order valence-electron chi connectivity index (χ4n) is 4.22. The lowest BCUT2D eigenvalue weighted by atomic mass is 9.81. The van der Waals surface area contributed by atoms with Gasteiger partial charge in [0.15, 0.2) is 0 Å². The van der Waals surface area contributed by atoms with Crippen molar-refractivity contribution in [3.05, 3.63) is 35.4 Å². The van der Waals surface area contributed by atoms with Crippen molar-refractivity contribution in [2.24, 2.45) is 5.41 Å². The Kier molecular flexibility index (Phi) is 5.29. The van der Waals surface area contributed by atoms with E-state index in [2.05, 4.69) is 29.2 Å². The van der Waals surface area contributed by atoms with Crippen molar-refractivity contribution >= 4 is 12.6 Å². The van der Waals surface area contributed by atoms with Gasteiger partial charge >= 0.3 is 0 Å². The highest BCUT2D eigenvalue weighted by atomic mass is 32.1. The minimum atomic E-state index is 0.471. The molecule has 2 heteroatoms. The second-order valence-electron chi connectivity index (χ2n) is 7.16. The van der Waals surface area contributed by atoms with Crippen LogP contribution in [0.4, 0.5) is 0 Å². The van der Waals surface area contributed by atoms with Crippen LogP contribution in [0, 0.1) is 5.41 Å². The van der Waals surface area contributed by atoms with E-state index >= 15 is 0 Å².